The molecular weight excluding hydrogens is 446 g/mol. The van der Waals surface area contributed by atoms with Crippen LogP contribution in [0.5, 0.6) is 5.88 Å². The molecule has 0 amide bonds. The summed E-state index contributed by atoms with van der Waals surface area (Å²) in [6, 6.07) is 20.1. The second-order valence-electron chi connectivity index (χ2n) is 6.93. The summed E-state index contributed by atoms with van der Waals surface area (Å²) < 4.78 is 2.61. The van der Waals surface area contributed by atoms with Crippen LogP contribution in [0.1, 0.15) is 21.5 Å². The lowest BCUT2D eigenvalue weighted by Gasteiger charge is -2.07. The second-order valence-corrected chi connectivity index (χ2v) is 7.84. The molecule has 0 aliphatic heterocycles. The van der Waals surface area contributed by atoms with Crippen LogP contribution in [0.3, 0.4) is 0 Å². The van der Waals surface area contributed by atoms with Gasteiger partial charge in [-0.3, -0.25) is 0 Å². The minimum Gasteiger partial charge on any atom is -0.493 e. The Labute approximate surface area is 181 Å². The predicted octanol–water partition coefficient (Wildman–Crippen LogP) is 6.58. The van der Waals surface area contributed by atoms with Gasteiger partial charge >= 0.3 is 5.97 Å². The Hall–Kier alpha value is -3.45. The highest BCUT2D eigenvalue weighted by molar-refractivity contribution is 9.10. The maximum absolute atomic E-state index is 11.4. The Morgan fingerprint density at radius 1 is 1.03 bits per heavy atom. The van der Waals surface area contributed by atoms with E-state index in [1.807, 2.05) is 49.4 Å². The Morgan fingerprint density at radius 2 is 1.77 bits per heavy atom. The Morgan fingerprint density at radius 3 is 2.50 bits per heavy atom. The van der Waals surface area contributed by atoms with Gasteiger partial charge in [-0.1, -0.05) is 57.9 Å². The van der Waals surface area contributed by atoms with E-state index >= 15 is 0 Å². The van der Waals surface area contributed by atoms with Crippen molar-refractivity contribution in [2.75, 3.05) is 0 Å². The first kappa shape index (κ1) is 19.8. The topological polar surface area (TPSA) is 87.2 Å². The summed E-state index contributed by atoms with van der Waals surface area (Å²) >= 11 is 3.46. The number of aromatic hydroxyl groups is 1. The number of aromatic carboxylic acids is 1. The molecule has 1 aromatic heterocycles. The van der Waals surface area contributed by atoms with Crippen LogP contribution in [0, 0.1) is 6.92 Å². The fraction of sp³-hybridized carbons (Fsp3) is 0.0870. The molecule has 0 aliphatic rings. The van der Waals surface area contributed by atoms with Gasteiger partial charge in [0.2, 0.25) is 5.88 Å². The largest absolute Gasteiger partial charge is 0.493 e. The molecule has 0 spiro atoms. The number of carboxylic acids is 1. The molecule has 0 bridgehead atoms. The van der Waals surface area contributed by atoms with Gasteiger partial charge in [0.25, 0.3) is 0 Å². The van der Waals surface area contributed by atoms with Crippen LogP contribution in [0.25, 0.3) is 10.9 Å². The summed E-state index contributed by atoms with van der Waals surface area (Å²) in [4.78, 5) is 11.4. The Bertz CT molecular complexity index is 1280. The summed E-state index contributed by atoms with van der Waals surface area (Å²) in [6.45, 7) is 2.49. The van der Waals surface area contributed by atoms with Crippen LogP contribution in [0.2, 0.25) is 0 Å². The van der Waals surface area contributed by atoms with Crippen molar-refractivity contribution in [2.45, 2.75) is 13.5 Å². The third-order valence-corrected chi connectivity index (χ3v) is 5.32. The molecule has 4 aromatic rings. The lowest BCUT2D eigenvalue weighted by molar-refractivity contribution is 0.0697. The molecule has 0 fully saturated rings. The third-order valence-electron chi connectivity index (χ3n) is 4.83. The molecule has 7 heteroatoms. The zero-order valence-corrected chi connectivity index (χ0v) is 17.7. The molecule has 1 heterocycles. The van der Waals surface area contributed by atoms with Gasteiger partial charge in [-0.25, -0.2) is 4.79 Å². The molecule has 3 aromatic carbocycles. The van der Waals surface area contributed by atoms with Crippen molar-refractivity contribution in [1.82, 2.24) is 4.57 Å². The van der Waals surface area contributed by atoms with E-state index in [-0.39, 0.29) is 17.1 Å². The van der Waals surface area contributed by atoms with Gasteiger partial charge < -0.3 is 14.8 Å². The SMILES string of the molecule is Cc1ccc(Cn2c(O)c(N=Nc3ccccc3C(=O)O)c3cc(Br)ccc32)cc1. The first-order valence-corrected chi connectivity index (χ1v) is 10.0. The lowest BCUT2D eigenvalue weighted by Crippen LogP contribution is -1.98. The molecule has 0 aliphatic carbocycles. The Balaban J connectivity index is 1.82. The molecule has 150 valence electrons. The van der Waals surface area contributed by atoms with E-state index in [0.717, 1.165) is 21.1 Å². The van der Waals surface area contributed by atoms with Crippen LogP contribution < -0.4 is 0 Å². The lowest BCUT2D eigenvalue weighted by atomic mass is 10.1. The van der Waals surface area contributed by atoms with Crippen molar-refractivity contribution >= 4 is 44.2 Å². The number of halogens is 1. The number of azo groups is 1. The minimum atomic E-state index is -1.08. The summed E-state index contributed by atoms with van der Waals surface area (Å²) in [5, 5.41) is 29.4. The van der Waals surface area contributed by atoms with Crippen LogP contribution in [-0.4, -0.2) is 20.7 Å². The molecule has 6 nitrogen and oxygen atoms in total. The van der Waals surface area contributed by atoms with Gasteiger partial charge in [0.1, 0.15) is 5.69 Å². The van der Waals surface area contributed by atoms with Crippen molar-refractivity contribution in [1.29, 1.82) is 0 Å². The van der Waals surface area contributed by atoms with Crippen LogP contribution in [-0.2, 0) is 6.54 Å². The van der Waals surface area contributed by atoms with Gasteiger partial charge in [-0.2, -0.15) is 0 Å². The van der Waals surface area contributed by atoms with Gasteiger partial charge in [-0.05, 0) is 42.8 Å². The van der Waals surface area contributed by atoms with E-state index in [1.54, 1.807) is 22.8 Å². The third kappa shape index (κ3) is 3.84. The second kappa shape index (κ2) is 8.12. The van der Waals surface area contributed by atoms with Gasteiger partial charge in [0, 0.05) is 9.86 Å². The number of hydrogen-bond acceptors (Lipinski definition) is 4. The van der Waals surface area contributed by atoms with Crippen molar-refractivity contribution in [3.8, 4) is 5.88 Å². The van der Waals surface area contributed by atoms with Gasteiger partial charge in [-0.15, -0.1) is 10.2 Å². The van der Waals surface area contributed by atoms with Crippen LogP contribution in [0.4, 0.5) is 11.4 Å². The van der Waals surface area contributed by atoms with Crippen molar-refractivity contribution < 1.29 is 15.0 Å². The number of carboxylic acid groups (broad SMARTS) is 1. The summed E-state index contributed by atoms with van der Waals surface area (Å²) in [6.07, 6.45) is 0. The zero-order chi connectivity index (χ0) is 21.3. The number of hydrogen-bond donors (Lipinski definition) is 2. The fourth-order valence-corrected chi connectivity index (χ4v) is 3.64. The van der Waals surface area contributed by atoms with Crippen LogP contribution >= 0.6 is 15.9 Å². The van der Waals surface area contributed by atoms with E-state index in [1.165, 1.54) is 6.07 Å². The number of benzene rings is 3. The molecule has 2 N–H and O–H groups in total. The molecule has 0 radical (unpaired) electrons. The zero-order valence-electron chi connectivity index (χ0n) is 16.1. The highest BCUT2D eigenvalue weighted by Gasteiger charge is 2.18. The number of aryl methyl sites for hydroxylation is 1. The van der Waals surface area contributed by atoms with E-state index in [2.05, 4.69) is 26.2 Å². The number of aromatic nitrogens is 1. The molecule has 0 atom stereocenters. The first-order valence-electron chi connectivity index (χ1n) is 9.24. The number of rotatable bonds is 5. The van der Waals surface area contributed by atoms with Crippen molar-refractivity contribution in [2.24, 2.45) is 10.2 Å². The summed E-state index contributed by atoms with van der Waals surface area (Å²) in [5.41, 5.74) is 3.56. The quantitative estimate of drug-likeness (QED) is 0.327. The normalized spacial score (nSPS) is 11.4. The molecule has 30 heavy (non-hydrogen) atoms. The summed E-state index contributed by atoms with van der Waals surface area (Å²) in [5.74, 6) is -1.11. The highest BCUT2D eigenvalue weighted by atomic mass is 79.9. The molecule has 0 saturated heterocycles. The maximum Gasteiger partial charge on any atom is 0.337 e. The average molecular weight is 464 g/mol. The Kier molecular flexibility index (Phi) is 5.37. The van der Waals surface area contributed by atoms with E-state index in [0.29, 0.717) is 17.6 Å². The number of carbonyl (C=O) groups is 1. The van der Waals surface area contributed by atoms with E-state index in [9.17, 15) is 15.0 Å². The first-order chi connectivity index (χ1) is 14.4. The highest BCUT2D eigenvalue weighted by Crippen LogP contribution is 2.41. The fourth-order valence-electron chi connectivity index (χ4n) is 3.28. The molecule has 0 unspecified atom stereocenters. The minimum absolute atomic E-state index is 0.0276. The van der Waals surface area contributed by atoms with E-state index in [4.69, 9.17) is 0 Å². The predicted molar refractivity (Wildman–Crippen MR) is 119 cm³/mol. The van der Waals surface area contributed by atoms with E-state index < -0.39 is 5.97 Å². The maximum atomic E-state index is 11.4. The van der Waals surface area contributed by atoms with Crippen molar-refractivity contribution in [3.05, 3.63) is 87.9 Å². The number of nitrogens with zero attached hydrogens (tertiary/aromatic N) is 3. The van der Waals surface area contributed by atoms with Gasteiger partial charge in [0.05, 0.1) is 17.6 Å². The van der Waals surface area contributed by atoms with Crippen LogP contribution in [0.15, 0.2) is 81.4 Å². The molecular formula is C23H18BrN3O3. The summed E-state index contributed by atoms with van der Waals surface area (Å²) in [7, 11) is 0. The molecule has 4 rings (SSSR count). The van der Waals surface area contributed by atoms with Crippen molar-refractivity contribution in [3.63, 3.8) is 0 Å². The molecule has 0 saturated carbocycles. The monoisotopic (exact) mass is 463 g/mol. The van der Waals surface area contributed by atoms with Gasteiger partial charge in [0.15, 0.2) is 5.69 Å². The standard InChI is InChI=1S/C23H18BrN3O3/c1-14-6-8-15(9-7-14)13-27-20-11-10-16(24)12-18(20)21(22(27)28)26-25-19-5-3-2-4-17(19)23(29)30/h2-12,28H,13H2,1H3,(H,29,30). The smallest absolute Gasteiger partial charge is 0.337 e. The average Bonchev–Trinajstić information content (AvgIpc) is 2.98. The number of fused-ring (bicyclic) bond motifs is 1.